The monoisotopic (exact) mass is 239 g/mol. The number of aldehydes is 1. The molecule has 1 saturated carbocycles. The average molecular weight is 239 g/mol. The van der Waals surface area contributed by atoms with E-state index >= 15 is 0 Å². The molecule has 100 valence electrons. The van der Waals surface area contributed by atoms with E-state index in [9.17, 15) is 4.79 Å². The van der Waals surface area contributed by atoms with E-state index < -0.39 is 0 Å². The minimum Gasteiger partial charge on any atom is -0.303 e. The summed E-state index contributed by atoms with van der Waals surface area (Å²) in [5, 5.41) is 0. The fraction of sp³-hybridized carbons (Fsp3) is 0.933. The highest BCUT2D eigenvalue weighted by Crippen LogP contribution is 2.31. The minimum absolute atomic E-state index is 0.131. The lowest BCUT2D eigenvalue weighted by Crippen LogP contribution is -2.39. The highest BCUT2D eigenvalue weighted by Gasteiger charge is 2.34. The van der Waals surface area contributed by atoms with Gasteiger partial charge in [0.25, 0.3) is 0 Å². The molecule has 1 aliphatic rings. The molecule has 1 fully saturated rings. The van der Waals surface area contributed by atoms with Crippen molar-refractivity contribution in [1.29, 1.82) is 0 Å². The first-order chi connectivity index (χ1) is 8.00. The van der Waals surface area contributed by atoms with Gasteiger partial charge in [0, 0.05) is 18.0 Å². The third kappa shape index (κ3) is 5.20. The van der Waals surface area contributed by atoms with Crippen LogP contribution in [0, 0.1) is 11.3 Å². The molecule has 0 aromatic rings. The fourth-order valence-electron chi connectivity index (χ4n) is 2.46. The number of hydrogen-bond donors (Lipinski definition) is 0. The molecule has 0 radical (unpaired) electrons. The molecule has 1 unspecified atom stereocenters. The first-order valence-electron chi connectivity index (χ1n) is 7.21. The van der Waals surface area contributed by atoms with Crippen LogP contribution in [0.5, 0.6) is 0 Å². The summed E-state index contributed by atoms with van der Waals surface area (Å²) >= 11 is 0. The van der Waals surface area contributed by atoms with Crippen molar-refractivity contribution in [2.75, 3.05) is 13.1 Å². The molecular formula is C15H29NO. The van der Waals surface area contributed by atoms with Crippen LogP contribution in [-0.4, -0.2) is 30.3 Å². The van der Waals surface area contributed by atoms with Gasteiger partial charge in [-0.15, -0.1) is 0 Å². The van der Waals surface area contributed by atoms with Gasteiger partial charge in [0.15, 0.2) is 0 Å². The summed E-state index contributed by atoms with van der Waals surface area (Å²) in [6.45, 7) is 11.0. The summed E-state index contributed by atoms with van der Waals surface area (Å²) in [6.07, 6.45) is 7.20. The van der Waals surface area contributed by atoms with Gasteiger partial charge in [-0.05, 0) is 38.1 Å². The standard InChI is InChI=1S/C15H29NO/c1-5-9-15(4,12-17)11-16(14-6-7-14)10-8-13(2)3/h12-14H,5-11H2,1-4H3. The second-order valence-electron chi connectivity index (χ2n) is 6.41. The van der Waals surface area contributed by atoms with E-state index in [-0.39, 0.29) is 5.41 Å². The molecule has 1 atom stereocenters. The normalized spacial score (nSPS) is 19.6. The van der Waals surface area contributed by atoms with Gasteiger partial charge in [-0.2, -0.15) is 0 Å². The number of carbonyl (C=O) groups is 1. The topological polar surface area (TPSA) is 20.3 Å². The molecule has 1 aliphatic carbocycles. The van der Waals surface area contributed by atoms with Crippen LogP contribution >= 0.6 is 0 Å². The van der Waals surface area contributed by atoms with Crippen molar-refractivity contribution in [1.82, 2.24) is 4.90 Å². The van der Waals surface area contributed by atoms with Gasteiger partial charge in [0.1, 0.15) is 6.29 Å². The van der Waals surface area contributed by atoms with Crippen molar-refractivity contribution in [2.24, 2.45) is 11.3 Å². The van der Waals surface area contributed by atoms with Crippen molar-refractivity contribution in [3.05, 3.63) is 0 Å². The SMILES string of the molecule is CCCC(C)(C=O)CN(CCC(C)C)C1CC1. The van der Waals surface area contributed by atoms with Gasteiger partial charge in [-0.1, -0.05) is 34.1 Å². The molecule has 0 aromatic carbocycles. The summed E-state index contributed by atoms with van der Waals surface area (Å²) in [5.74, 6) is 0.755. The van der Waals surface area contributed by atoms with Crippen LogP contribution in [0.1, 0.15) is 59.8 Å². The highest BCUT2D eigenvalue weighted by molar-refractivity contribution is 5.59. The Kier molecular flexibility index (Phi) is 5.64. The Balaban J connectivity index is 2.49. The fourth-order valence-corrected chi connectivity index (χ4v) is 2.46. The van der Waals surface area contributed by atoms with E-state index in [2.05, 4.69) is 32.6 Å². The van der Waals surface area contributed by atoms with Crippen molar-refractivity contribution in [3.63, 3.8) is 0 Å². The van der Waals surface area contributed by atoms with E-state index in [1.54, 1.807) is 0 Å². The Hall–Kier alpha value is -0.370. The molecule has 0 aliphatic heterocycles. The van der Waals surface area contributed by atoms with Gasteiger partial charge in [-0.3, -0.25) is 4.90 Å². The third-order valence-corrected chi connectivity index (χ3v) is 3.73. The smallest absolute Gasteiger partial charge is 0.127 e. The second kappa shape index (κ2) is 6.53. The number of carbonyl (C=O) groups excluding carboxylic acids is 1. The van der Waals surface area contributed by atoms with Gasteiger partial charge in [0.05, 0.1) is 0 Å². The molecular weight excluding hydrogens is 210 g/mol. The lowest BCUT2D eigenvalue weighted by Gasteiger charge is -2.32. The highest BCUT2D eigenvalue weighted by atomic mass is 16.1. The lowest BCUT2D eigenvalue weighted by atomic mass is 9.86. The van der Waals surface area contributed by atoms with Crippen molar-refractivity contribution < 1.29 is 4.79 Å². The molecule has 2 heteroatoms. The van der Waals surface area contributed by atoms with Crippen LogP contribution in [-0.2, 0) is 4.79 Å². The van der Waals surface area contributed by atoms with E-state index in [0.29, 0.717) is 0 Å². The molecule has 1 rings (SSSR count). The predicted octanol–water partition coefficient (Wildman–Crippen LogP) is 3.50. The number of nitrogens with zero attached hydrogens (tertiary/aromatic N) is 1. The van der Waals surface area contributed by atoms with Crippen LogP contribution < -0.4 is 0 Å². The summed E-state index contributed by atoms with van der Waals surface area (Å²) in [4.78, 5) is 13.9. The zero-order valence-electron chi connectivity index (χ0n) is 12.0. The van der Waals surface area contributed by atoms with Gasteiger partial charge < -0.3 is 4.79 Å². The van der Waals surface area contributed by atoms with E-state index in [1.165, 1.54) is 25.5 Å². The summed E-state index contributed by atoms with van der Waals surface area (Å²) in [7, 11) is 0. The van der Waals surface area contributed by atoms with Crippen LogP contribution in [0.3, 0.4) is 0 Å². The zero-order chi connectivity index (χ0) is 12.9. The summed E-state index contributed by atoms with van der Waals surface area (Å²) < 4.78 is 0. The number of hydrogen-bond acceptors (Lipinski definition) is 2. The lowest BCUT2D eigenvalue weighted by molar-refractivity contribution is -0.117. The maximum atomic E-state index is 11.3. The molecule has 2 nitrogen and oxygen atoms in total. The van der Waals surface area contributed by atoms with Crippen molar-refractivity contribution in [3.8, 4) is 0 Å². The predicted molar refractivity (Wildman–Crippen MR) is 73.1 cm³/mol. The van der Waals surface area contributed by atoms with Crippen molar-refractivity contribution >= 4 is 6.29 Å². The van der Waals surface area contributed by atoms with E-state index in [0.717, 1.165) is 37.9 Å². The van der Waals surface area contributed by atoms with Crippen LogP contribution in [0.25, 0.3) is 0 Å². The van der Waals surface area contributed by atoms with Crippen LogP contribution in [0.15, 0.2) is 0 Å². The molecule has 0 N–H and O–H groups in total. The molecule has 0 spiro atoms. The third-order valence-electron chi connectivity index (χ3n) is 3.73. The quantitative estimate of drug-likeness (QED) is 0.574. The molecule has 0 amide bonds. The second-order valence-corrected chi connectivity index (χ2v) is 6.41. The Morgan fingerprint density at radius 3 is 2.47 bits per heavy atom. The van der Waals surface area contributed by atoms with Crippen molar-refractivity contribution in [2.45, 2.75) is 65.8 Å². The molecule has 17 heavy (non-hydrogen) atoms. The number of rotatable bonds is 9. The Bertz CT molecular complexity index is 235. The maximum Gasteiger partial charge on any atom is 0.127 e. The maximum absolute atomic E-state index is 11.3. The first-order valence-corrected chi connectivity index (χ1v) is 7.21. The van der Waals surface area contributed by atoms with Crippen LogP contribution in [0.2, 0.25) is 0 Å². The molecule has 0 bridgehead atoms. The zero-order valence-corrected chi connectivity index (χ0v) is 12.0. The molecule has 0 saturated heterocycles. The minimum atomic E-state index is -0.131. The van der Waals surface area contributed by atoms with Gasteiger partial charge >= 0.3 is 0 Å². The average Bonchev–Trinajstić information content (AvgIpc) is 3.08. The summed E-state index contributed by atoms with van der Waals surface area (Å²) in [6, 6.07) is 0.768. The molecule has 0 heterocycles. The Morgan fingerprint density at radius 1 is 1.41 bits per heavy atom. The molecule has 0 aromatic heterocycles. The first kappa shape index (κ1) is 14.7. The van der Waals surface area contributed by atoms with Crippen LogP contribution in [0.4, 0.5) is 0 Å². The van der Waals surface area contributed by atoms with E-state index in [4.69, 9.17) is 0 Å². The Labute approximate surface area is 107 Å². The van der Waals surface area contributed by atoms with E-state index in [1.807, 2.05) is 0 Å². The van der Waals surface area contributed by atoms with Gasteiger partial charge in [-0.25, -0.2) is 0 Å². The summed E-state index contributed by atoms with van der Waals surface area (Å²) in [5.41, 5.74) is -0.131. The Morgan fingerprint density at radius 2 is 2.06 bits per heavy atom. The van der Waals surface area contributed by atoms with Gasteiger partial charge in [0.2, 0.25) is 0 Å². The largest absolute Gasteiger partial charge is 0.303 e.